The van der Waals surface area contributed by atoms with E-state index >= 15 is 0 Å². The van der Waals surface area contributed by atoms with Crippen LogP contribution in [-0.4, -0.2) is 34.8 Å². The lowest BCUT2D eigenvalue weighted by Gasteiger charge is -2.24. The molecule has 23 heavy (non-hydrogen) atoms. The predicted octanol–water partition coefficient (Wildman–Crippen LogP) is 1.85. The number of hydrogen-bond donors (Lipinski definition) is 2. The van der Waals surface area contributed by atoms with E-state index in [0.29, 0.717) is 12.2 Å². The number of piperidine rings is 1. The van der Waals surface area contributed by atoms with Crippen molar-refractivity contribution in [1.29, 1.82) is 0 Å². The largest absolute Gasteiger partial charge is 0.348 e. The highest BCUT2D eigenvalue weighted by Gasteiger charge is 2.23. The van der Waals surface area contributed by atoms with Crippen LogP contribution in [0.2, 0.25) is 0 Å². The van der Waals surface area contributed by atoms with Gasteiger partial charge in [0.05, 0.1) is 11.3 Å². The highest BCUT2D eigenvalue weighted by molar-refractivity contribution is 5.95. The summed E-state index contributed by atoms with van der Waals surface area (Å²) in [6.07, 6.45) is 3.28. The van der Waals surface area contributed by atoms with Crippen molar-refractivity contribution >= 4 is 5.91 Å². The molecule has 1 amide bonds. The van der Waals surface area contributed by atoms with Gasteiger partial charge in [-0.15, -0.1) is 0 Å². The summed E-state index contributed by atoms with van der Waals surface area (Å²) in [6, 6.07) is 4.25. The number of hydrogen-bond acceptors (Lipinski definition) is 3. The van der Waals surface area contributed by atoms with Gasteiger partial charge in [0, 0.05) is 31.4 Å². The van der Waals surface area contributed by atoms with Crippen LogP contribution < -0.4 is 10.6 Å². The van der Waals surface area contributed by atoms with E-state index in [9.17, 15) is 13.6 Å². The average molecular weight is 320 g/mol. The van der Waals surface area contributed by atoms with Crippen LogP contribution in [0, 0.1) is 11.6 Å². The lowest BCUT2D eigenvalue weighted by atomic mass is 10.0. The van der Waals surface area contributed by atoms with E-state index in [4.69, 9.17) is 0 Å². The Kier molecular flexibility index (Phi) is 4.38. The number of amides is 1. The van der Waals surface area contributed by atoms with Gasteiger partial charge in [0.2, 0.25) is 0 Å². The first-order valence-electron chi connectivity index (χ1n) is 7.56. The zero-order valence-electron chi connectivity index (χ0n) is 12.8. The number of carbonyl (C=O) groups is 1. The first kappa shape index (κ1) is 15.6. The van der Waals surface area contributed by atoms with Crippen molar-refractivity contribution < 1.29 is 13.6 Å². The van der Waals surface area contributed by atoms with Crippen LogP contribution >= 0.6 is 0 Å². The van der Waals surface area contributed by atoms with Crippen molar-refractivity contribution in [1.82, 2.24) is 20.4 Å². The van der Waals surface area contributed by atoms with Gasteiger partial charge in [-0.25, -0.2) is 8.78 Å². The molecule has 2 heterocycles. The summed E-state index contributed by atoms with van der Waals surface area (Å²) in [5.74, 6) is -2.76. The van der Waals surface area contributed by atoms with E-state index in [2.05, 4.69) is 15.7 Å². The fourth-order valence-corrected chi connectivity index (χ4v) is 2.80. The molecule has 1 unspecified atom stereocenters. The van der Waals surface area contributed by atoms with Gasteiger partial charge in [0.25, 0.3) is 5.91 Å². The maximum atomic E-state index is 14.3. The molecule has 0 aliphatic carbocycles. The maximum Gasteiger partial charge on any atom is 0.254 e. The topological polar surface area (TPSA) is 59.0 Å². The molecule has 1 fully saturated rings. The van der Waals surface area contributed by atoms with Gasteiger partial charge in [0.15, 0.2) is 11.6 Å². The van der Waals surface area contributed by atoms with Crippen molar-refractivity contribution in [2.24, 2.45) is 7.05 Å². The maximum absolute atomic E-state index is 14.3. The summed E-state index contributed by atoms with van der Waals surface area (Å²) < 4.78 is 30.1. The normalized spacial score (nSPS) is 18.0. The molecule has 2 N–H and O–H groups in total. The Bertz CT molecular complexity index is 723. The summed E-state index contributed by atoms with van der Waals surface area (Å²) in [5, 5.41) is 9.84. The average Bonchev–Trinajstić information content (AvgIpc) is 2.97. The number of carbonyl (C=O) groups excluding carboxylic acids is 1. The van der Waals surface area contributed by atoms with Crippen molar-refractivity contribution in [3.8, 4) is 11.3 Å². The van der Waals surface area contributed by atoms with E-state index in [1.165, 1.54) is 23.0 Å². The number of aryl methyl sites for hydroxylation is 1. The minimum Gasteiger partial charge on any atom is -0.348 e. The molecule has 5 nitrogen and oxygen atoms in total. The minimum atomic E-state index is -1.13. The third-order valence-electron chi connectivity index (χ3n) is 4.06. The van der Waals surface area contributed by atoms with Crippen LogP contribution in [0.1, 0.15) is 23.2 Å². The first-order valence-corrected chi connectivity index (χ1v) is 7.56. The van der Waals surface area contributed by atoms with Crippen LogP contribution in [0.25, 0.3) is 11.3 Å². The Morgan fingerprint density at radius 3 is 2.83 bits per heavy atom. The molecule has 1 aliphatic heterocycles. The Morgan fingerprint density at radius 1 is 1.35 bits per heavy atom. The lowest BCUT2D eigenvalue weighted by Crippen LogP contribution is -2.45. The summed E-state index contributed by atoms with van der Waals surface area (Å²) in [4.78, 5) is 12.2. The van der Waals surface area contributed by atoms with Crippen LogP contribution in [0.15, 0.2) is 24.4 Å². The van der Waals surface area contributed by atoms with Crippen LogP contribution in [0.4, 0.5) is 8.78 Å². The van der Waals surface area contributed by atoms with Crippen LogP contribution in [0.5, 0.6) is 0 Å². The fourth-order valence-electron chi connectivity index (χ4n) is 2.80. The van der Waals surface area contributed by atoms with Gasteiger partial charge < -0.3 is 10.6 Å². The van der Waals surface area contributed by atoms with Gasteiger partial charge in [0.1, 0.15) is 0 Å². The molecule has 122 valence electrons. The second kappa shape index (κ2) is 6.45. The summed E-state index contributed by atoms with van der Waals surface area (Å²) in [6.45, 7) is 1.55. The number of rotatable bonds is 3. The molecule has 0 bridgehead atoms. The van der Waals surface area contributed by atoms with E-state index in [1.807, 2.05) is 0 Å². The van der Waals surface area contributed by atoms with E-state index in [0.717, 1.165) is 19.4 Å². The van der Waals surface area contributed by atoms with Gasteiger partial charge in [-0.3, -0.25) is 9.48 Å². The van der Waals surface area contributed by atoms with Gasteiger partial charge in [-0.2, -0.15) is 5.10 Å². The van der Waals surface area contributed by atoms with Crippen LogP contribution in [0.3, 0.4) is 0 Å². The molecule has 0 saturated carbocycles. The Morgan fingerprint density at radius 2 is 2.17 bits per heavy atom. The third kappa shape index (κ3) is 3.10. The van der Waals surface area contributed by atoms with Gasteiger partial charge in [-0.1, -0.05) is 0 Å². The molecule has 1 aromatic heterocycles. The molecule has 1 aromatic carbocycles. The zero-order valence-corrected chi connectivity index (χ0v) is 12.8. The van der Waals surface area contributed by atoms with Gasteiger partial charge >= 0.3 is 0 Å². The van der Waals surface area contributed by atoms with Crippen molar-refractivity contribution in [3.05, 3.63) is 41.6 Å². The van der Waals surface area contributed by atoms with Crippen molar-refractivity contribution in [2.75, 3.05) is 13.1 Å². The molecular formula is C16H18F2N4O. The Balaban J connectivity index is 1.85. The molecule has 3 rings (SSSR count). The van der Waals surface area contributed by atoms with E-state index in [1.54, 1.807) is 13.1 Å². The van der Waals surface area contributed by atoms with Crippen molar-refractivity contribution in [2.45, 2.75) is 18.9 Å². The Labute approximate surface area is 132 Å². The molecule has 1 saturated heterocycles. The first-order chi connectivity index (χ1) is 11.1. The second-order valence-corrected chi connectivity index (χ2v) is 5.65. The summed E-state index contributed by atoms with van der Waals surface area (Å²) in [7, 11) is 1.64. The molecule has 0 radical (unpaired) electrons. The molecule has 7 heteroatoms. The van der Waals surface area contributed by atoms with E-state index < -0.39 is 17.5 Å². The highest BCUT2D eigenvalue weighted by Crippen LogP contribution is 2.26. The highest BCUT2D eigenvalue weighted by atomic mass is 19.2. The standard InChI is InChI=1S/C16H18F2N4O/c1-22-13(6-8-20-22)11-4-5-12(15(18)14(11)17)16(23)21-10-3-2-7-19-9-10/h4-6,8,10,19H,2-3,7,9H2,1H3,(H,21,23). The summed E-state index contributed by atoms with van der Waals surface area (Å²) in [5.41, 5.74) is 0.252. The number of benzene rings is 1. The Hall–Kier alpha value is -2.28. The number of nitrogens with one attached hydrogen (secondary N) is 2. The monoisotopic (exact) mass is 320 g/mol. The fraction of sp³-hybridized carbons (Fsp3) is 0.375. The predicted molar refractivity (Wildman–Crippen MR) is 81.9 cm³/mol. The molecule has 0 spiro atoms. The van der Waals surface area contributed by atoms with Crippen molar-refractivity contribution in [3.63, 3.8) is 0 Å². The molecule has 1 aliphatic rings. The third-order valence-corrected chi connectivity index (χ3v) is 4.06. The van der Waals surface area contributed by atoms with Crippen LogP contribution in [-0.2, 0) is 7.05 Å². The number of aromatic nitrogens is 2. The van der Waals surface area contributed by atoms with Gasteiger partial charge in [-0.05, 0) is 37.6 Å². The number of halogens is 2. The summed E-state index contributed by atoms with van der Waals surface area (Å²) >= 11 is 0. The quantitative estimate of drug-likeness (QED) is 0.907. The lowest BCUT2D eigenvalue weighted by molar-refractivity contribution is 0.0925. The smallest absolute Gasteiger partial charge is 0.254 e. The molecular weight excluding hydrogens is 302 g/mol. The number of nitrogens with zero attached hydrogens (tertiary/aromatic N) is 2. The molecule has 1 atom stereocenters. The SMILES string of the molecule is Cn1nccc1-c1ccc(C(=O)NC2CCCNC2)c(F)c1F. The molecule has 2 aromatic rings. The van der Waals surface area contributed by atoms with E-state index in [-0.39, 0.29) is 17.2 Å². The second-order valence-electron chi connectivity index (χ2n) is 5.65. The minimum absolute atomic E-state index is 0.0598. The zero-order chi connectivity index (χ0) is 16.4.